The van der Waals surface area contributed by atoms with Crippen molar-refractivity contribution in [1.29, 1.82) is 0 Å². The van der Waals surface area contributed by atoms with Crippen molar-refractivity contribution in [1.82, 2.24) is 5.32 Å². The van der Waals surface area contributed by atoms with Gasteiger partial charge in [0.25, 0.3) is 5.91 Å². The Morgan fingerprint density at radius 3 is 2.84 bits per heavy atom. The van der Waals surface area contributed by atoms with Crippen molar-refractivity contribution < 1.29 is 23.8 Å². The fourth-order valence-electron chi connectivity index (χ4n) is 2.79. The van der Waals surface area contributed by atoms with Crippen LogP contribution in [-0.2, 0) is 0 Å². The van der Waals surface area contributed by atoms with Crippen LogP contribution in [0.5, 0.6) is 11.5 Å². The van der Waals surface area contributed by atoms with E-state index >= 15 is 0 Å². The van der Waals surface area contributed by atoms with E-state index in [1.807, 2.05) is 24.3 Å². The fraction of sp³-hybridized carbons (Fsp3) is 0.211. The third-order valence-electron chi connectivity index (χ3n) is 4.13. The first-order valence-electron chi connectivity index (χ1n) is 8.05. The second-order valence-corrected chi connectivity index (χ2v) is 5.82. The molecule has 1 amide bonds. The Balaban J connectivity index is 1.34. The highest BCUT2D eigenvalue weighted by Crippen LogP contribution is 2.34. The molecule has 6 heteroatoms. The summed E-state index contributed by atoms with van der Waals surface area (Å²) in [6, 6.07) is 14.5. The van der Waals surface area contributed by atoms with Crippen LogP contribution >= 0.6 is 0 Å². The Hall–Kier alpha value is -2.99. The number of rotatable bonds is 5. The second kappa shape index (κ2) is 6.49. The van der Waals surface area contributed by atoms with Crippen molar-refractivity contribution in [3.8, 4) is 11.5 Å². The van der Waals surface area contributed by atoms with Crippen molar-refractivity contribution in [2.24, 2.45) is 0 Å². The molecule has 0 aliphatic carbocycles. The van der Waals surface area contributed by atoms with Crippen LogP contribution < -0.4 is 14.8 Å². The van der Waals surface area contributed by atoms with Crippen molar-refractivity contribution in [2.45, 2.75) is 12.5 Å². The second-order valence-electron chi connectivity index (χ2n) is 5.82. The first-order chi connectivity index (χ1) is 12.2. The lowest BCUT2D eigenvalue weighted by Gasteiger charge is -2.12. The highest BCUT2D eigenvalue weighted by molar-refractivity contribution is 5.96. The summed E-state index contributed by atoms with van der Waals surface area (Å²) in [5.74, 6) is 1.27. The quantitative estimate of drug-likeness (QED) is 0.747. The Morgan fingerprint density at radius 2 is 1.96 bits per heavy atom. The lowest BCUT2D eigenvalue weighted by Crippen LogP contribution is -2.25. The Kier molecular flexibility index (Phi) is 4.03. The molecule has 0 unspecified atom stereocenters. The summed E-state index contributed by atoms with van der Waals surface area (Å²) in [5, 5.41) is 13.9. The first-order valence-corrected chi connectivity index (χ1v) is 8.05. The largest absolute Gasteiger partial charge is 0.454 e. The smallest absolute Gasteiger partial charge is 0.287 e. The van der Waals surface area contributed by atoms with Crippen LogP contribution in [0.25, 0.3) is 11.0 Å². The van der Waals surface area contributed by atoms with Gasteiger partial charge in [0, 0.05) is 11.9 Å². The van der Waals surface area contributed by atoms with Gasteiger partial charge in [-0.3, -0.25) is 4.79 Å². The molecule has 0 saturated heterocycles. The van der Waals surface area contributed by atoms with E-state index in [-0.39, 0.29) is 18.5 Å². The molecular formula is C19H17NO5. The number of carbonyl (C=O) groups excluding carboxylic acids is 1. The molecule has 2 aromatic carbocycles. The van der Waals surface area contributed by atoms with Gasteiger partial charge in [-0.25, -0.2) is 0 Å². The molecule has 2 N–H and O–H groups in total. The lowest BCUT2D eigenvalue weighted by atomic mass is 10.1. The van der Waals surface area contributed by atoms with Gasteiger partial charge in [0.15, 0.2) is 17.3 Å². The van der Waals surface area contributed by atoms with E-state index in [2.05, 4.69) is 5.32 Å². The number of aliphatic hydroxyl groups is 1. The number of ether oxygens (including phenoxy) is 2. The number of furan rings is 1. The van der Waals surface area contributed by atoms with Crippen LogP contribution in [-0.4, -0.2) is 24.4 Å². The Bertz CT molecular complexity index is 884. The topological polar surface area (TPSA) is 80.9 Å². The molecule has 2 heterocycles. The number of hydrogen-bond donors (Lipinski definition) is 2. The number of hydrogen-bond acceptors (Lipinski definition) is 5. The maximum absolute atomic E-state index is 12.2. The number of carbonyl (C=O) groups is 1. The predicted octanol–water partition coefficient (Wildman–Crippen LogP) is 3.02. The fourth-order valence-corrected chi connectivity index (χ4v) is 2.79. The van der Waals surface area contributed by atoms with E-state index in [0.717, 1.165) is 10.9 Å². The van der Waals surface area contributed by atoms with Gasteiger partial charge in [-0.2, -0.15) is 0 Å². The van der Waals surface area contributed by atoms with Crippen LogP contribution in [0, 0.1) is 0 Å². The molecule has 1 aliphatic rings. The molecule has 6 nitrogen and oxygen atoms in total. The van der Waals surface area contributed by atoms with Crippen LogP contribution in [0.15, 0.2) is 52.9 Å². The molecule has 0 bridgehead atoms. The Morgan fingerprint density at radius 1 is 1.12 bits per heavy atom. The molecule has 3 aromatic rings. The molecule has 0 radical (unpaired) electrons. The zero-order valence-electron chi connectivity index (χ0n) is 13.4. The Labute approximate surface area is 144 Å². The van der Waals surface area contributed by atoms with Crippen molar-refractivity contribution in [3.63, 3.8) is 0 Å². The molecule has 1 aromatic heterocycles. The predicted molar refractivity (Wildman–Crippen MR) is 90.7 cm³/mol. The number of nitrogens with one attached hydrogen (secondary N) is 1. The lowest BCUT2D eigenvalue weighted by molar-refractivity contribution is 0.0917. The molecule has 4 rings (SSSR count). The van der Waals surface area contributed by atoms with E-state index < -0.39 is 6.10 Å². The minimum atomic E-state index is -0.703. The van der Waals surface area contributed by atoms with Gasteiger partial charge in [0.05, 0.1) is 6.10 Å². The number of fused-ring (bicyclic) bond motifs is 2. The molecule has 1 aliphatic heterocycles. The van der Waals surface area contributed by atoms with Gasteiger partial charge in [-0.05, 0) is 36.2 Å². The summed E-state index contributed by atoms with van der Waals surface area (Å²) in [6.45, 7) is 0.522. The summed E-state index contributed by atoms with van der Waals surface area (Å²) in [5.41, 5.74) is 1.40. The molecule has 1 atom stereocenters. The SMILES string of the molecule is O=C(NCC[C@@H](O)c1ccc2c(c1)OCO2)c1cc2ccccc2o1. The van der Waals surface area contributed by atoms with Crippen LogP contribution in [0.4, 0.5) is 0 Å². The van der Waals surface area contributed by atoms with Gasteiger partial charge in [-0.1, -0.05) is 24.3 Å². The molecular weight excluding hydrogens is 322 g/mol. The first kappa shape index (κ1) is 15.5. The zero-order valence-corrected chi connectivity index (χ0v) is 13.4. The minimum absolute atomic E-state index is 0.197. The van der Waals surface area contributed by atoms with Crippen molar-refractivity contribution >= 4 is 16.9 Å². The van der Waals surface area contributed by atoms with Gasteiger partial charge in [0.2, 0.25) is 6.79 Å². The highest BCUT2D eigenvalue weighted by Gasteiger charge is 2.17. The van der Waals surface area contributed by atoms with E-state index in [9.17, 15) is 9.90 Å². The highest BCUT2D eigenvalue weighted by atomic mass is 16.7. The van der Waals surface area contributed by atoms with Crippen molar-refractivity contribution in [3.05, 3.63) is 59.9 Å². The van der Waals surface area contributed by atoms with Crippen molar-refractivity contribution in [2.75, 3.05) is 13.3 Å². The summed E-state index contributed by atoms with van der Waals surface area (Å²) in [7, 11) is 0. The standard InChI is InChI=1S/C19H17NO5/c21-14(12-5-6-16-17(9-12)24-11-23-16)7-8-20-19(22)18-10-13-3-1-2-4-15(13)25-18/h1-6,9-10,14,21H,7-8,11H2,(H,20,22)/t14-/m1/s1. The van der Waals surface area contributed by atoms with E-state index in [1.54, 1.807) is 24.3 Å². The normalized spacial score (nSPS) is 13.8. The average Bonchev–Trinajstić information content (AvgIpc) is 3.27. The number of amides is 1. The van der Waals surface area contributed by atoms with Gasteiger partial charge < -0.3 is 24.3 Å². The van der Waals surface area contributed by atoms with Crippen LogP contribution in [0.3, 0.4) is 0 Å². The maximum Gasteiger partial charge on any atom is 0.287 e. The maximum atomic E-state index is 12.2. The molecule has 128 valence electrons. The van der Waals surface area contributed by atoms with E-state index in [4.69, 9.17) is 13.9 Å². The summed E-state index contributed by atoms with van der Waals surface area (Å²) >= 11 is 0. The summed E-state index contributed by atoms with van der Waals surface area (Å²) in [4.78, 5) is 12.2. The van der Waals surface area contributed by atoms with E-state index in [1.165, 1.54) is 0 Å². The minimum Gasteiger partial charge on any atom is -0.454 e. The summed E-state index contributed by atoms with van der Waals surface area (Å²) < 4.78 is 16.1. The zero-order chi connectivity index (χ0) is 17.2. The third-order valence-corrected chi connectivity index (χ3v) is 4.13. The molecule has 0 fully saturated rings. The molecule has 0 spiro atoms. The van der Waals surface area contributed by atoms with Gasteiger partial charge in [0.1, 0.15) is 5.58 Å². The third kappa shape index (κ3) is 3.16. The summed E-state index contributed by atoms with van der Waals surface area (Å²) in [6.07, 6.45) is -0.323. The molecule has 25 heavy (non-hydrogen) atoms. The average molecular weight is 339 g/mol. The monoisotopic (exact) mass is 339 g/mol. The van der Waals surface area contributed by atoms with Gasteiger partial charge in [-0.15, -0.1) is 0 Å². The van der Waals surface area contributed by atoms with Crippen LogP contribution in [0.1, 0.15) is 28.6 Å². The number of benzene rings is 2. The van der Waals surface area contributed by atoms with Crippen LogP contribution in [0.2, 0.25) is 0 Å². The molecule has 0 saturated carbocycles. The van der Waals surface area contributed by atoms with Gasteiger partial charge >= 0.3 is 0 Å². The number of para-hydroxylation sites is 1. The number of aliphatic hydroxyl groups excluding tert-OH is 1. The van der Waals surface area contributed by atoms with E-state index in [0.29, 0.717) is 30.0 Å².